The van der Waals surface area contributed by atoms with Gasteiger partial charge in [-0.25, -0.2) is 0 Å². The Bertz CT molecular complexity index is 136. The second kappa shape index (κ2) is 5.44. The summed E-state index contributed by atoms with van der Waals surface area (Å²) in [5.74, 6) is 0. The van der Waals surface area contributed by atoms with Gasteiger partial charge in [-0.2, -0.15) is 13.2 Å². The van der Waals surface area contributed by atoms with E-state index in [0.717, 1.165) is 6.54 Å². The molecule has 0 saturated heterocycles. The molecule has 0 aliphatic carbocycles. The molecule has 0 rings (SSSR count). The fraction of sp³-hybridized carbons (Fsp3) is 1.00. The summed E-state index contributed by atoms with van der Waals surface area (Å²) in [6.07, 6.45) is -4.11. The minimum Gasteiger partial charge on any atom is -0.307 e. The number of likely N-dealkylation sites (N-methyl/N-ethyl adjacent to an activating group) is 1. The highest BCUT2D eigenvalue weighted by atomic mass is 19.4. The standard InChI is InChI=1S/C8H17F3N2/c1-4-13(3)7(2)5-12-6-8(9,10)11/h7,12H,4-6H2,1-3H3. The highest BCUT2D eigenvalue weighted by molar-refractivity contribution is 4.66. The van der Waals surface area contributed by atoms with Gasteiger partial charge in [0, 0.05) is 12.6 Å². The molecule has 0 aliphatic rings. The molecule has 0 amide bonds. The molecule has 1 N–H and O–H groups in total. The third kappa shape index (κ3) is 6.83. The molecule has 0 spiro atoms. The molecule has 80 valence electrons. The first-order valence-corrected chi connectivity index (χ1v) is 4.34. The lowest BCUT2D eigenvalue weighted by Gasteiger charge is -2.23. The number of halogens is 3. The topological polar surface area (TPSA) is 15.3 Å². The van der Waals surface area contributed by atoms with Crippen LogP contribution in [0.25, 0.3) is 0 Å². The molecular weight excluding hydrogens is 181 g/mol. The van der Waals surface area contributed by atoms with E-state index in [9.17, 15) is 13.2 Å². The highest BCUT2D eigenvalue weighted by Gasteiger charge is 2.26. The summed E-state index contributed by atoms with van der Waals surface area (Å²) in [4.78, 5) is 1.99. The van der Waals surface area contributed by atoms with Crippen molar-refractivity contribution in [3.05, 3.63) is 0 Å². The molecule has 1 atom stereocenters. The summed E-state index contributed by atoms with van der Waals surface area (Å²) < 4.78 is 35.1. The Hall–Kier alpha value is -0.290. The zero-order valence-corrected chi connectivity index (χ0v) is 8.28. The van der Waals surface area contributed by atoms with E-state index in [1.807, 2.05) is 25.8 Å². The Morgan fingerprint density at radius 1 is 1.38 bits per heavy atom. The summed E-state index contributed by atoms with van der Waals surface area (Å²) in [6.45, 7) is 4.17. The number of alkyl halides is 3. The summed E-state index contributed by atoms with van der Waals surface area (Å²) >= 11 is 0. The van der Waals surface area contributed by atoms with Gasteiger partial charge in [-0.15, -0.1) is 0 Å². The smallest absolute Gasteiger partial charge is 0.307 e. The maximum absolute atomic E-state index is 11.7. The van der Waals surface area contributed by atoms with Crippen LogP contribution >= 0.6 is 0 Å². The van der Waals surface area contributed by atoms with Gasteiger partial charge in [0.25, 0.3) is 0 Å². The van der Waals surface area contributed by atoms with Gasteiger partial charge in [-0.05, 0) is 20.5 Å². The van der Waals surface area contributed by atoms with Gasteiger partial charge in [0.2, 0.25) is 0 Å². The van der Waals surface area contributed by atoms with Crippen LogP contribution in [0.1, 0.15) is 13.8 Å². The number of nitrogens with one attached hydrogen (secondary N) is 1. The lowest BCUT2D eigenvalue weighted by molar-refractivity contribution is -0.125. The second-order valence-electron chi connectivity index (χ2n) is 3.17. The minimum absolute atomic E-state index is 0.132. The summed E-state index contributed by atoms with van der Waals surface area (Å²) in [5.41, 5.74) is 0. The molecule has 0 aromatic heterocycles. The van der Waals surface area contributed by atoms with E-state index in [1.54, 1.807) is 0 Å². The number of nitrogens with zero attached hydrogens (tertiary/aromatic N) is 1. The summed E-state index contributed by atoms with van der Waals surface area (Å²) in [7, 11) is 1.89. The zero-order valence-electron chi connectivity index (χ0n) is 8.28. The van der Waals surface area contributed by atoms with Crippen LogP contribution in [0.15, 0.2) is 0 Å². The van der Waals surface area contributed by atoms with Gasteiger partial charge >= 0.3 is 6.18 Å². The molecular formula is C8H17F3N2. The van der Waals surface area contributed by atoms with Crippen molar-refractivity contribution in [2.24, 2.45) is 0 Å². The zero-order chi connectivity index (χ0) is 10.5. The molecule has 0 heterocycles. The molecule has 0 aromatic rings. The van der Waals surface area contributed by atoms with Crippen LogP contribution in [0.3, 0.4) is 0 Å². The SMILES string of the molecule is CCN(C)C(C)CNCC(F)(F)F. The Kier molecular flexibility index (Phi) is 5.32. The van der Waals surface area contributed by atoms with Gasteiger partial charge in [-0.3, -0.25) is 0 Å². The molecule has 0 bridgehead atoms. The van der Waals surface area contributed by atoms with Crippen molar-refractivity contribution in [1.29, 1.82) is 0 Å². The van der Waals surface area contributed by atoms with Gasteiger partial charge in [0.1, 0.15) is 0 Å². The van der Waals surface area contributed by atoms with Crippen molar-refractivity contribution in [2.75, 3.05) is 26.7 Å². The van der Waals surface area contributed by atoms with Crippen LogP contribution in [-0.4, -0.2) is 43.8 Å². The van der Waals surface area contributed by atoms with Crippen molar-refractivity contribution < 1.29 is 13.2 Å². The van der Waals surface area contributed by atoms with E-state index < -0.39 is 12.7 Å². The van der Waals surface area contributed by atoms with Crippen LogP contribution in [0, 0.1) is 0 Å². The number of hydrogen-bond acceptors (Lipinski definition) is 2. The molecule has 0 saturated carbocycles. The van der Waals surface area contributed by atoms with Crippen molar-refractivity contribution in [2.45, 2.75) is 26.1 Å². The lowest BCUT2D eigenvalue weighted by atomic mass is 10.3. The molecule has 13 heavy (non-hydrogen) atoms. The second-order valence-corrected chi connectivity index (χ2v) is 3.17. The summed E-state index contributed by atoms with van der Waals surface area (Å²) in [6, 6.07) is 0.132. The maximum atomic E-state index is 11.7. The maximum Gasteiger partial charge on any atom is 0.401 e. The molecule has 0 radical (unpaired) electrons. The van der Waals surface area contributed by atoms with Gasteiger partial charge in [0.15, 0.2) is 0 Å². The number of hydrogen-bond donors (Lipinski definition) is 1. The monoisotopic (exact) mass is 198 g/mol. The first-order chi connectivity index (χ1) is 5.87. The molecule has 0 aliphatic heterocycles. The average molecular weight is 198 g/mol. The molecule has 5 heteroatoms. The minimum atomic E-state index is -4.11. The third-order valence-corrected chi connectivity index (χ3v) is 2.02. The Morgan fingerprint density at radius 3 is 2.31 bits per heavy atom. The Balaban J connectivity index is 3.53. The van der Waals surface area contributed by atoms with E-state index >= 15 is 0 Å². The van der Waals surface area contributed by atoms with Crippen LogP contribution < -0.4 is 5.32 Å². The Morgan fingerprint density at radius 2 is 1.92 bits per heavy atom. The van der Waals surface area contributed by atoms with Crippen molar-refractivity contribution in [1.82, 2.24) is 10.2 Å². The average Bonchev–Trinajstić information content (AvgIpc) is 2.00. The van der Waals surface area contributed by atoms with Gasteiger partial charge in [0.05, 0.1) is 6.54 Å². The van der Waals surface area contributed by atoms with Crippen LogP contribution in [0.2, 0.25) is 0 Å². The van der Waals surface area contributed by atoms with Gasteiger partial charge < -0.3 is 10.2 Å². The van der Waals surface area contributed by atoms with Crippen LogP contribution in [0.4, 0.5) is 13.2 Å². The molecule has 1 unspecified atom stereocenters. The third-order valence-electron chi connectivity index (χ3n) is 2.02. The number of rotatable bonds is 5. The molecule has 0 fully saturated rings. The van der Waals surface area contributed by atoms with Crippen molar-refractivity contribution >= 4 is 0 Å². The van der Waals surface area contributed by atoms with Gasteiger partial charge in [-0.1, -0.05) is 6.92 Å². The van der Waals surface area contributed by atoms with E-state index in [2.05, 4.69) is 5.32 Å². The van der Waals surface area contributed by atoms with Crippen molar-refractivity contribution in [3.63, 3.8) is 0 Å². The Labute approximate surface area is 77.1 Å². The predicted molar refractivity (Wildman–Crippen MR) is 46.7 cm³/mol. The largest absolute Gasteiger partial charge is 0.401 e. The van der Waals surface area contributed by atoms with E-state index in [0.29, 0.717) is 6.54 Å². The fourth-order valence-corrected chi connectivity index (χ4v) is 0.890. The van der Waals surface area contributed by atoms with Crippen LogP contribution in [-0.2, 0) is 0 Å². The van der Waals surface area contributed by atoms with Crippen molar-refractivity contribution in [3.8, 4) is 0 Å². The predicted octanol–water partition coefficient (Wildman–Crippen LogP) is 1.48. The highest BCUT2D eigenvalue weighted by Crippen LogP contribution is 2.12. The summed E-state index contributed by atoms with van der Waals surface area (Å²) in [5, 5.41) is 2.37. The van der Waals surface area contributed by atoms with E-state index in [4.69, 9.17) is 0 Å². The quantitative estimate of drug-likeness (QED) is 0.719. The lowest BCUT2D eigenvalue weighted by Crippen LogP contribution is -2.40. The first-order valence-electron chi connectivity index (χ1n) is 4.34. The van der Waals surface area contributed by atoms with E-state index in [1.165, 1.54) is 0 Å². The fourth-order valence-electron chi connectivity index (χ4n) is 0.890. The first kappa shape index (κ1) is 12.7. The van der Waals surface area contributed by atoms with E-state index in [-0.39, 0.29) is 6.04 Å². The normalized spacial score (nSPS) is 15.0. The van der Waals surface area contributed by atoms with Crippen LogP contribution in [0.5, 0.6) is 0 Å². The molecule has 0 aromatic carbocycles. The molecule has 2 nitrogen and oxygen atoms in total.